The Hall–Kier alpha value is -2.44. The SMILES string of the molecule is CC1CN(C(=O)c2cc(-c3cccs3)nn2-c2ccccc2)CCO1. The molecule has 3 heterocycles. The smallest absolute Gasteiger partial charge is 0.272 e. The van der Waals surface area contributed by atoms with Gasteiger partial charge >= 0.3 is 0 Å². The van der Waals surface area contributed by atoms with Crippen LogP contribution in [0.5, 0.6) is 0 Å². The fourth-order valence-corrected chi connectivity index (χ4v) is 3.69. The molecule has 0 saturated carbocycles. The summed E-state index contributed by atoms with van der Waals surface area (Å²) in [6.07, 6.45) is 0.0579. The van der Waals surface area contributed by atoms with Gasteiger partial charge in [0.15, 0.2) is 0 Å². The minimum absolute atomic E-state index is 0.00527. The third-order valence-corrected chi connectivity index (χ3v) is 5.12. The first kappa shape index (κ1) is 16.1. The molecule has 0 N–H and O–H groups in total. The summed E-state index contributed by atoms with van der Waals surface area (Å²) in [7, 11) is 0. The van der Waals surface area contributed by atoms with Crippen molar-refractivity contribution in [2.45, 2.75) is 13.0 Å². The molecule has 25 heavy (non-hydrogen) atoms. The molecule has 1 aliphatic heterocycles. The lowest BCUT2D eigenvalue weighted by Crippen LogP contribution is -2.45. The van der Waals surface area contributed by atoms with Crippen LogP contribution in [0.15, 0.2) is 53.9 Å². The predicted octanol–water partition coefficient (Wildman–Crippen LogP) is 3.46. The van der Waals surface area contributed by atoms with E-state index in [-0.39, 0.29) is 12.0 Å². The summed E-state index contributed by atoms with van der Waals surface area (Å²) in [5.41, 5.74) is 2.29. The van der Waals surface area contributed by atoms with Crippen LogP contribution in [-0.4, -0.2) is 46.4 Å². The summed E-state index contributed by atoms with van der Waals surface area (Å²) in [5.74, 6) is -0.00527. The number of aromatic nitrogens is 2. The molecular weight excluding hydrogens is 334 g/mol. The number of carbonyl (C=O) groups is 1. The highest BCUT2D eigenvalue weighted by molar-refractivity contribution is 7.13. The summed E-state index contributed by atoms with van der Waals surface area (Å²) >= 11 is 1.62. The van der Waals surface area contributed by atoms with Gasteiger partial charge in [-0.25, -0.2) is 4.68 Å². The molecule has 1 saturated heterocycles. The average molecular weight is 353 g/mol. The van der Waals surface area contributed by atoms with Crippen LogP contribution in [0.4, 0.5) is 0 Å². The number of rotatable bonds is 3. The summed E-state index contributed by atoms with van der Waals surface area (Å²) in [6.45, 7) is 3.78. The Morgan fingerprint density at radius 3 is 2.80 bits per heavy atom. The maximum Gasteiger partial charge on any atom is 0.272 e. The second-order valence-electron chi connectivity index (χ2n) is 6.07. The average Bonchev–Trinajstić information content (AvgIpc) is 3.31. The van der Waals surface area contributed by atoms with Crippen molar-refractivity contribution >= 4 is 17.2 Å². The van der Waals surface area contributed by atoms with Crippen molar-refractivity contribution in [1.82, 2.24) is 14.7 Å². The summed E-state index contributed by atoms with van der Waals surface area (Å²) in [4.78, 5) is 16.0. The van der Waals surface area contributed by atoms with Gasteiger partial charge in [-0.1, -0.05) is 24.3 Å². The summed E-state index contributed by atoms with van der Waals surface area (Å²) in [6, 6.07) is 15.7. The molecular formula is C19H19N3O2S. The largest absolute Gasteiger partial charge is 0.375 e. The first-order valence-electron chi connectivity index (χ1n) is 8.32. The van der Waals surface area contributed by atoms with E-state index in [0.717, 1.165) is 16.3 Å². The molecule has 1 fully saturated rings. The van der Waals surface area contributed by atoms with Gasteiger partial charge in [-0.3, -0.25) is 4.79 Å². The van der Waals surface area contributed by atoms with E-state index in [0.29, 0.717) is 25.4 Å². The van der Waals surface area contributed by atoms with E-state index >= 15 is 0 Å². The zero-order valence-corrected chi connectivity index (χ0v) is 14.8. The van der Waals surface area contributed by atoms with Gasteiger partial charge in [-0.15, -0.1) is 11.3 Å². The number of para-hydroxylation sites is 1. The van der Waals surface area contributed by atoms with Crippen molar-refractivity contribution in [1.29, 1.82) is 0 Å². The lowest BCUT2D eigenvalue weighted by Gasteiger charge is -2.31. The Labute approximate surface area is 150 Å². The zero-order valence-electron chi connectivity index (χ0n) is 14.0. The molecule has 2 aromatic heterocycles. The first-order chi connectivity index (χ1) is 12.2. The third-order valence-electron chi connectivity index (χ3n) is 4.23. The molecule has 3 aromatic rings. The van der Waals surface area contributed by atoms with Crippen LogP contribution >= 0.6 is 11.3 Å². The number of amides is 1. The maximum atomic E-state index is 13.1. The van der Waals surface area contributed by atoms with Crippen molar-refractivity contribution in [3.8, 4) is 16.3 Å². The van der Waals surface area contributed by atoms with Crippen LogP contribution in [0.3, 0.4) is 0 Å². The van der Waals surface area contributed by atoms with Gasteiger partial charge in [0.1, 0.15) is 11.4 Å². The number of thiophene rings is 1. The molecule has 0 bridgehead atoms. The number of benzene rings is 1. The van der Waals surface area contributed by atoms with Crippen molar-refractivity contribution < 1.29 is 9.53 Å². The number of nitrogens with zero attached hydrogens (tertiary/aromatic N) is 3. The van der Waals surface area contributed by atoms with Crippen molar-refractivity contribution in [2.75, 3.05) is 19.7 Å². The number of ether oxygens (including phenoxy) is 1. The van der Waals surface area contributed by atoms with Crippen LogP contribution in [-0.2, 0) is 4.74 Å². The second kappa shape index (κ2) is 6.82. The number of carbonyl (C=O) groups excluding carboxylic acids is 1. The zero-order chi connectivity index (χ0) is 17.2. The fraction of sp³-hybridized carbons (Fsp3) is 0.263. The molecule has 1 aliphatic rings. The van der Waals surface area contributed by atoms with Gasteiger partial charge in [0.25, 0.3) is 5.91 Å². The minimum atomic E-state index is -0.00527. The molecule has 1 amide bonds. The van der Waals surface area contributed by atoms with Crippen molar-refractivity contribution in [3.63, 3.8) is 0 Å². The van der Waals surface area contributed by atoms with E-state index in [4.69, 9.17) is 9.84 Å². The number of morpholine rings is 1. The molecule has 128 valence electrons. The maximum absolute atomic E-state index is 13.1. The summed E-state index contributed by atoms with van der Waals surface area (Å²) in [5, 5.41) is 6.72. The number of hydrogen-bond donors (Lipinski definition) is 0. The van der Waals surface area contributed by atoms with E-state index < -0.39 is 0 Å². The van der Waals surface area contributed by atoms with Gasteiger partial charge < -0.3 is 9.64 Å². The van der Waals surface area contributed by atoms with E-state index in [2.05, 4.69) is 0 Å². The van der Waals surface area contributed by atoms with Gasteiger partial charge in [0.2, 0.25) is 0 Å². The first-order valence-corrected chi connectivity index (χ1v) is 9.20. The third kappa shape index (κ3) is 3.23. The molecule has 0 radical (unpaired) electrons. The Kier molecular flexibility index (Phi) is 4.38. The molecule has 1 atom stereocenters. The Morgan fingerprint density at radius 1 is 1.24 bits per heavy atom. The second-order valence-corrected chi connectivity index (χ2v) is 7.02. The Balaban J connectivity index is 1.76. The quantitative estimate of drug-likeness (QED) is 0.724. The lowest BCUT2D eigenvalue weighted by atomic mass is 10.2. The molecule has 0 spiro atoms. The van der Waals surface area contributed by atoms with Crippen LogP contribution in [0, 0.1) is 0 Å². The standard InChI is InChI=1S/C19H19N3O2S/c1-14-13-21(9-10-24-14)19(23)17-12-16(18-8-5-11-25-18)20-22(17)15-6-3-2-4-7-15/h2-8,11-12,14H,9-10,13H2,1H3. The monoisotopic (exact) mass is 353 g/mol. The molecule has 5 nitrogen and oxygen atoms in total. The van der Waals surface area contributed by atoms with E-state index in [1.54, 1.807) is 16.0 Å². The van der Waals surface area contributed by atoms with Gasteiger partial charge in [0.05, 0.1) is 23.3 Å². The van der Waals surface area contributed by atoms with Crippen LogP contribution < -0.4 is 0 Å². The van der Waals surface area contributed by atoms with E-state index in [9.17, 15) is 4.79 Å². The molecule has 0 aliphatic carbocycles. The number of hydrogen-bond acceptors (Lipinski definition) is 4. The molecule has 1 unspecified atom stereocenters. The van der Waals surface area contributed by atoms with Crippen LogP contribution in [0.25, 0.3) is 16.3 Å². The minimum Gasteiger partial charge on any atom is -0.375 e. The Morgan fingerprint density at radius 2 is 2.08 bits per heavy atom. The highest BCUT2D eigenvalue weighted by Gasteiger charge is 2.26. The lowest BCUT2D eigenvalue weighted by molar-refractivity contribution is -0.0127. The fourth-order valence-electron chi connectivity index (χ4n) is 3.01. The van der Waals surface area contributed by atoms with Gasteiger partial charge in [-0.05, 0) is 36.6 Å². The van der Waals surface area contributed by atoms with E-state index in [1.807, 2.05) is 65.7 Å². The topological polar surface area (TPSA) is 47.4 Å². The van der Waals surface area contributed by atoms with E-state index in [1.165, 1.54) is 0 Å². The van der Waals surface area contributed by atoms with Gasteiger partial charge in [-0.2, -0.15) is 5.10 Å². The van der Waals surface area contributed by atoms with Gasteiger partial charge in [0, 0.05) is 13.1 Å². The van der Waals surface area contributed by atoms with Crippen molar-refractivity contribution in [2.24, 2.45) is 0 Å². The normalized spacial score (nSPS) is 17.6. The molecule has 6 heteroatoms. The molecule has 1 aromatic carbocycles. The van der Waals surface area contributed by atoms with Crippen molar-refractivity contribution in [3.05, 3.63) is 59.6 Å². The highest BCUT2D eigenvalue weighted by Crippen LogP contribution is 2.26. The van der Waals surface area contributed by atoms with Crippen LogP contribution in [0.2, 0.25) is 0 Å². The van der Waals surface area contributed by atoms with Crippen LogP contribution in [0.1, 0.15) is 17.4 Å². The highest BCUT2D eigenvalue weighted by atomic mass is 32.1. The predicted molar refractivity (Wildman–Crippen MR) is 98.2 cm³/mol. The molecule has 4 rings (SSSR count). The Bertz CT molecular complexity index is 858. The summed E-state index contributed by atoms with van der Waals surface area (Å²) < 4.78 is 7.31.